The van der Waals surface area contributed by atoms with Crippen LogP contribution in [0.1, 0.15) is 27.2 Å². The minimum atomic E-state index is -2.49. The lowest BCUT2D eigenvalue weighted by molar-refractivity contribution is 0.0712. The topological polar surface area (TPSA) is 56.4 Å². The molecular formula is C16H26N2O3S4Si. The highest BCUT2D eigenvalue weighted by Gasteiger charge is 2.39. The summed E-state index contributed by atoms with van der Waals surface area (Å²) < 4.78 is 17.6. The van der Waals surface area contributed by atoms with Gasteiger partial charge in [-0.3, -0.25) is 0 Å². The lowest BCUT2D eigenvalue weighted by Crippen LogP contribution is -2.46. The number of nitrogens with zero attached hydrogens (tertiary/aromatic N) is 1. The summed E-state index contributed by atoms with van der Waals surface area (Å²) in [5, 5.41) is 0.944. The van der Waals surface area contributed by atoms with Crippen LogP contribution >= 0.6 is 41.2 Å². The lowest BCUT2D eigenvalue weighted by atomic mass is 10.3. The molecule has 0 unspecified atom stereocenters. The van der Waals surface area contributed by atoms with Crippen molar-refractivity contribution in [2.75, 3.05) is 25.6 Å². The third kappa shape index (κ3) is 7.31. The third-order valence-electron chi connectivity index (χ3n) is 3.36. The van der Waals surface area contributed by atoms with E-state index in [2.05, 4.69) is 9.97 Å². The van der Waals surface area contributed by atoms with Crippen molar-refractivity contribution in [2.45, 2.75) is 38.4 Å². The van der Waals surface area contributed by atoms with Gasteiger partial charge in [0.1, 0.15) is 0 Å². The number of benzene rings is 1. The zero-order chi connectivity index (χ0) is 18.7. The molecule has 26 heavy (non-hydrogen) atoms. The first-order chi connectivity index (χ1) is 12.7. The van der Waals surface area contributed by atoms with E-state index in [1.807, 2.05) is 55.8 Å². The van der Waals surface area contributed by atoms with E-state index in [1.54, 1.807) is 30.4 Å². The van der Waals surface area contributed by atoms with Gasteiger partial charge in [-0.15, -0.1) is 0 Å². The van der Waals surface area contributed by atoms with Crippen molar-refractivity contribution in [3.63, 3.8) is 0 Å². The first-order valence-electron chi connectivity index (χ1n) is 8.72. The molecule has 1 N–H and O–H groups in total. The highest BCUT2D eigenvalue weighted by Crippen LogP contribution is 2.46. The maximum absolute atomic E-state index is 5.88. The maximum atomic E-state index is 5.88. The molecule has 0 spiro atoms. The SMILES string of the molecule is CCO[Si](CCCSSSSc1nc2ccccc2[nH]1)(OCC)OCC. The van der Waals surface area contributed by atoms with Crippen LogP contribution in [0.25, 0.3) is 11.0 Å². The second-order valence-corrected chi connectivity index (χ2v) is 13.9. The molecule has 0 amide bonds. The standard InChI is InChI=1S/C16H26N2O3S4Si/c1-4-19-26(20-5-2,21-6-3)13-9-12-22-24-25-23-16-17-14-10-7-8-11-15(14)18-16/h7-8,10-11H,4-6,9,12-13H2,1-3H3,(H,17,18). The molecule has 0 atom stereocenters. The predicted molar refractivity (Wildman–Crippen MR) is 120 cm³/mol. The Kier molecular flexibility index (Phi) is 10.9. The van der Waals surface area contributed by atoms with Crippen molar-refractivity contribution >= 4 is 61.1 Å². The van der Waals surface area contributed by atoms with Gasteiger partial charge in [-0.25, -0.2) is 4.98 Å². The number of rotatable bonds is 14. The molecule has 0 aliphatic rings. The summed E-state index contributed by atoms with van der Waals surface area (Å²) in [5.41, 5.74) is 2.09. The first-order valence-corrected chi connectivity index (χ1v) is 15.6. The van der Waals surface area contributed by atoms with Gasteiger partial charge in [0.05, 0.1) is 11.0 Å². The van der Waals surface area contributed by atoms with Gasteiger partial charge in [0.2, 0.25) is 0 Å². The number of hydrogen-bond donors (Lipinski definition) is 1. The summed E-state index contributed by atoms with van der Waals surface area (Å²) in [6.07, 6.45) is 1.03. The molecule has 0 bridgehead atoms. The highest BCUT2D eigenvalue weighted by molar-refractivity contribution is 9.26. The van der Waals surface area contributed by atoms with Crippen molar-refractivity contribution in [2.24, 2.45) is 0 Å². The van der Waals surface area contributed by atoms with Gasteiger partial charge < -0.3 is 18.3 Å². The number of aromatic nitrogens is 2. The Morgan fingerprint density at radius 2 is 1.69 bits per heavy atom. The number of nitrogens with one attached hydrogen (secondary N) is 1. The molecule has 1 aromatic heterocycles. The Hall–Kier alpha value is 0.187. The zero-order valence-electron chi connectivity index (χ0n) is 15.4. The summed E-state index contributed by atoms with van der Waals surface area (Å²) in [6.45, 7) is 7.90. The van der Waals surface area contributed by atoms with Crippen LogP contribution < -0.4 is 0 Å². The molecule has 2 rings (SSSR count). The van der Waals surface area contributed by atoms with Crippen molar-refractivity contribution in [3.8, 4) is 0 Å². The van der Waals surface area contributed by atoms with Crippen LogP contribution in [0.15, 0.2) is 29.4 Å². The molecule has 1 aromatic carbocycles. The van der Waals surface area contributed by atoms with Gasteiger partial charge in [0, 0.05) is 31.6 Å². The second-order valence-electron chi connectivity index (χ2n) is 5.19. The molecule has 0 saturated carbocycles. The summed E-state index contributed by atoms with van der Waals surface area (Å²) >= 11 is 0. The normalized spacial score (nSPS) is 12.1. The third-order valence-corrected chi connectivity index (χ3v) is 12.6. The molecule has 5 nitrogen and oxygen atoms in total. The lowest BCUT2D eigenvalue weighted by Gasteiger charge is -2.28. The fourth-order valence-electron chi connectivity index (χ4n) is 2.42. The van der Waals surface area contributed by atoms with Gasteiger partial charge in [0.25, 0.3) is 0 Å². The molecule has 0 radical (unpaired) electrons. The largest absolute Gasteiger partial charge is 0.500 e. The van der Waals surface area contributed by atoms with Gasteiger partial charge in [-0.05, 0) is 69.8 Å². The van der Waals surface area contributed by atoms with Crippen LogP contribution in [0.5, 0.6) is 0 Å². The molecule has 0 saturated heterocycles. The number of imidazole rings is 1. The van der Waals surface area contributed by atoms with E-state index < -0.39 is 8.80 Å². The van der Waals surface area contributed by atoms with Crippen molar-refractivity contribution in [1.82, 2.24) is 9.97 Å². The van der Waals surface area contributed by atoms with Crippen molar-refractivity contribution in [3.05, 3.63) is 24.3 Å². The van der Waals surface area contributed by atoms with Gasteiger partial charge >= 0.3 is 8.80 Å². The van der Waals surface area contributed by atoms with E-state index in [1.165, 1.54) is 0 Å². The zero-order valence-corrected chi connectivity index (χ0v) is 19.6. The first kappa shape index (κ1) is 22.5. The van der Waals surface area contributed by atoms with E-state index in [4.69, 9.17) is 13.3 Å². The number of H-pyrrole nitrogens is 1. The average molecular weight is 451 g/mol. The highest BCUT2D eigenvalue weighted by atomic mass is 33.7. The van der Waals surface area contributed by atoms with Crippen LogP contribution in [-0.4, -0.2) is 44.3 Å². The predicted octanol–water partition coefficient (Wildman–Crippen LogP) is 6.04. The van der Waals surface area contributed by atoms with E-state index in [0.717, 1.165) is 34.4 Å². The average Bonchev–Trinajstić information content (AvgIpc) is 3.04. The molecular weight excluding hydrogens is 425 g/mol. The number of hydrogen-bond acceptors (Lipinski definition) is 8. The Balaban J connectivity index is 1.64. The van der Waals surface area contributed by atoms with Gasteiger partial charge in [0.15, 0.2) is 5.16 Å². The van der Waals surface area contributed by atoms with Crippen LogP contribution in [0, 0.1) is 0 Å². The molecule has 2 aromatic rings. The molecule has 10 heteroatoms. The van der Waals surface area contributed by atoms with Crippen LogP contribution in [0.3, 0.4) is 0 Å². The Labute approximate surface area is 172 Å². The number of fused-ring (bicyclic) bond motifs is 1. The minimum absolute atomic E-state index is 0.637. The number of para-hydroxylation sites is 2. The van der Waals surface area contributed by atoms with E-state index >= 15 is 0 Å². The fourth-order valence-corrected chi connectivity index (χ4v) is 10.8. The quantitative estimate of drug-likeness (QED) is 0.212. The molecule has 1 heterocycles. The molecule has 0 fully saturated rings. The summed E-state index contributed by atoms with van der Waals surface area (Å²) in [4.78, 5) is 7.88. The monoisotopic (exact) mass is 450 g/mol. The van der Waals surface area contributed by atoms with Crippen LogP contribution in [0.2, 0.25) is 6.04 Å². The Morgan fingerprint density at radius 1 is 1.00 bits per heavy atom. The molecule has 0 aliphatic heterocycles. The summed E-state index contributed by atoms with van der Waals surface area (Å²) in [7, 11) is 4.53. The Bertz CT molecular complexity index is 597. The van der Waals surface area contributed by atoms with Crippen molar-refractivity contribution in [1.29, 1.82) is 0 Å². The van der Waals surface area contributed by atoms with Gasteiger partial charge in [-0.2, -0.15) is 0 Å². The van der Waals surface area contributed by atoms with E-state index in [-0.39, 0.29) is 0 Å². The van der Waals surface area contributed by atoms with Crippen molar-refractivity contribution < 1.29 is 13.3 Å². The maximum Gasteiger partial charge on any atom is 0.500 e. The summed E-state index contributed by atoms with van der Waals surface area (Å²) in [6, 6.07) is 8.96. The smallest absolute Gasteiger partial charge is 0.374 e. The number of aromatic amines is 1. The Morgan fingerprint density at radius 3 is 2.35 bits per heavy atom. The van der Waals surface area contributed by atoms with Crippen LogP contribution in [0.4, 0.5) is 0 Å². The van der Waals surface area contributed by atoms with Crippen LogP contribution in [-0.2, 0) is 13.3 Å². The second kappa shape index (κ2) is 12.6. The van der Waals surface area contributed by atoms with Gasteiger partial charge in [-0.1, -0.05) is 22.9 Å². The molecule has 146 valence electrons. The molecule has 0 aliphatic carbocycles. The van der Waals surface area contributed by atoms with E-state index in [0.29, 0.717) is 19.8 Å². The summed E-state index contributed by atoms with van der Waals surface area (Å²) in [5.74, 6) is 1.04. The van der Waals surface area contributed by atoms with E-state index in [9.17, 15) is 0 Å². The minimum Gasteiger partial charge on any atom is -0.374 e. The fraction of sp³-hybridized carbons (Fsp3) is 0.562.